The van der Waals surface area contributed by atoms with Crippen LogP contribution < -0.4 is 0 Å². The zero-order valence-corrected chi connectivity index (χ0v) is 13.2. The van der Waals surface area contributed by atoms with Crippen molar-refractivity contribution in [1.82, 2.24) is 9.80 Å². The smallest absolute Gasteiger partial charge is 0.325 e. The largest absolute Gasteiger partial charge is 0.468 e. The van der Waals surface area contributed by atoms with Crippen molar-refractivity contribution >= 4 is 17.8 Å². The van der Waals surface area contributed by atoms with E-state index >= 15 is 0 Å². The molecule has 0 aromatic heterocycles. The van der Waals surface area contributed by atoms with Crippen LogP contribution in [0.15, 0.2) is 12.4 Å². The molecular formula is C15H24N2O4. The molecule has 6 nitrogen and oxygen atoms in total. The van der Waals surface area contributed by atoms with E-state index in [-0.39, 0.29) is 24.3 Å². The zero-order chi connectivity index (χ0) is 16.0. The Kier molecular flexibility index (Phi) is 6.39. The number of ether oxygens (including phenoxy) is 1. The molecule has 2 amide bonds. The summed E-state index contributed by atoms with van der Waals surface area (Å²) in [6, 6.07) is -0.566. The van der Waals surface area contributed by atoms with Gasteiger partial charge in [0, 0.05) is 18.8 Å². The highest BCUT2D eigenvalue weighted by atomic mass is 16.5. The maximum atomic E-state index is 12.5. The van der Waals surface area contributed by atoms with Crippen molar-refractivity contribution in [2.75, 3.05) is 13.7 Å². The molecule has 0 radical (unpaired) electrons. The van der Waals surface area contributed by atoms with Gasteiger partial charge in [0.1, 0.15) is 12.6 Å². The lowest BCUT2D eigenvalue weighted by molar-refractivity contribution is -0.150. The van der Waals surface area contributed by atoms with Crippen LogP contribution in [0.4, 0.5) is 0 Å². The van der Waals surface area contributed by atoms with E-state index in [0.29, 0.717) is 6.42 Å². The number of carbonyl (C=O) groups excluding carboxylic acids is 3. The Hall–Kier alpha value is -1.85. The van der Waals surface area contributed by atoms with Crippen molar-refractivity contribution < 1.29 is 19.1 Å². The lowest BCUT2D eigenvalue weighted by atomic mass is 9.99. The van der Waals surface area contributed by atoms with Crippen LogP contribution in [-0.2, 0) is 19.1 Å². The summed E-state index contributed by atoms with van der Waals surface area (Å²) in [4.78, 5) is 38.8. The first-order valence-electron chi connectivity index (χ1n) is 7.29. The van der Waals surface area contributed by atoms with E-state index in [9.17, 15) is 14.4 Å². The average molecular weight is 296 g/mol. The van der Waals surface area contributed by atoms with Gasteiger partial charge in [-0.05, 0) is 12.3 Å². The van der Waals surface area contributed by atoms with Gasteiger partial charge in [-0.3, -0.25) is 14.4 Å². The molecular weight excluding hydrogens is 272 g/mol. The summed E-state index contributed by atoms with van der Waals surface area (Å²) in [7, 11) is 1.28. The number of nitrogens with zero attached hydrogens (tertiary/aromatic N) is 2. The van der Waals surface area contributed by atoms with Gasteiger partial charge in [0.15, 0.2) is 0 Å². The number of unbranched alkanes of at least 4 members (excludes halogenated alkanes) is 1. The fourth-order valence-corrected chi connectivity index (χ4v) is 2.24. The monoisotopic (exact) mass is 296 g/mol. The van der Waals surface area contributed by atoms with Crippen LogP contribution >= 0.6 is 0 Å². The van der Waals surface area contributed by atoms with Crippen LogP contribution in [0, 0.1) is 5.92 Å². The van der Waals surface area contributed by atoms with Gasteiger partial charge in [-0.1, -0.05) is 27.2 Å². The number of carbonyl (C=O) groups is 3. The molecule has 0 aromatic rings. The van der Waals surface area contributed by atoms with Crippen molar-refractivity contribution in [3.8, 4) is 0 Å². The number of amides is 2. The molecule has 21 heavy (non-hydrogen) atoms. The normalized spacial score (nSPS) is 18.3. The van der Waals surface area contributed by atoms with Gasteiger partial charge >= 0.3 is 5.97 Å². The Morgan fingerprint density at radius 1 is 1.33 bits per heavy atom. The highest BCUT2D eigenvalue weighted by Gasteiger charge is 2.37. The summed E-state index contributed by atoms with van der Waals surface area (Å²) in [5, 5.41) is 0. The topological polar surface area (TPSA) is 66.9 Å². The van der Waals surface area contributed by atoms with Crippen LogP contribution in [0.2, 0.25) is 0 Å². The summed E-state index contributed by atoms with van der Waals surface area (Å²) in [5.74, 6) is -0.824. The summed E-state index contributed by atoms with van der Waals surface area (Å²) in [6.45, 7) is 5.66. The van der Waals surface area contributed by atoms with E-state index in [0.717, 1.165) is 12.8 Å². The number of rotatable bonds is 6. The molecule has 0 saturated heterocycles. The van der Waals surface area contributed by atoms with E-state index in [2.05, 4.69) is 4.74 Å². The number of methoxy groups -OCH3 is 1. The van der Waals surface area contributed by atoms with Gasteiger partial charge in [-0.15, -0.1) is 0 Å². The molecule has 118 valence electrons. The second kappa shape index (κ2) is 7.81. The highest BCUT2D eigenvalue weighted by molar-refractivity contribution is 5.92. The zero-order valence-electron chi connectivity index (χ0n) is 13.2. The molecule has 6 heteroatoms. The van der Waals surface area contributed by atoms with Crippen molar-refractivity contribution in [2.24, 2.45) is 5.92 Å². The Balaban J connectivity index is 2.91. The molecule has 1 heterocycles. The molecule has 0 aliphatic carbocycles. The molecule has 0 saturated carbocycles. The molecule has 1 atom stereocenters. The van der Waals surface area contributed by atoms with E-state index in [1.165, 1.54) is 23.1 Å². The predicted octanol–water partition coefficient (Wildman–Crippen LogP) is 1.52. The molecule has 0 bridgehead atoms. The van der Waals surface area contributed by atoms with Crippen LogP contribution in [0.1, 0.15) is 40.0 Å². The van der Waals surface area contributed by atoms with Crippen molar-refractivity contribution in [1.29, 1.82) is 0 Å². The molecule has 0 spiro atoms. The SMILES string of the molecule is CCCCC(=O)N1C=CN(CC(=O)OC)C(=O)C1C(C)C. The van der Waals surface area contributed by atoms with Gasteiger partial charge in [0.05, 0.1) is 7.11 Å². The fourth-order valence-electron chi connectivity index (χ4n) is 2.24. The number of esters is 1. The molecule has 1 rings (SSSR count). The number of hydrogen-bond donors (Lipinski definition) is 0. The lowest BCUT2D eigenvalue weighted by Crippen LogP contribution is -2.54. The average Bonchev–Trinajstić information content (AvgIpc) is 2.45. The molecule has 0 fully saturated rings. The Morgan fingerprint density at radius 2 is 2.00 bits per heavy atom. The predicted molar refractivity (Wildman–Crippen MR) is 77.9 cm³/mol. The third kappa shape index (κ3) is 4.31. The summed E-state index contributed by atoms with van der Waals surface area (Å²) >= 11 is 0. The van der Waals surface area contributed by atoms with Crippen LogP contribution in [-0.4, -0.2) is 47.3 Å². The van der Waals surface area contributed by atoms with E-state index in [4.69, 9.17) is 0 Å². The molecule has 0 N–H and O–H groups in total. The second-order valence-corrected chi connectivity index (χ2v) is 5.43. The minimum Gasteiger partial charge on any atom is -0.468 e. The van der Waals surface area contributed by atoms with Crippen LogP contribution in [0.3, 0.4) is 0 Å². The minimum absolute atomic E-state index is 0.0341. The van der Waals surface area contributed by atoms with Crippen molar-refractivity contribution in [3.05, 3.63) is 12.4 Å². The fraction of sp³-hybridized carbons (Fsp3) is 0.667. The third-order valence-electron chi connectivity index (χ3n) is 3.43. The highest BCUT2D eigenvalue weighted by Crippen LogP contribution is 2.21. The Bertz CT molecular complexity index is 431. The standard InChI is InChI=1S/C15H24N2O4/c1-5-6-7-12(18)17-9-8-16(10-13(19)21-4)15(20)14(17)11(2)3/h8-9,11,14H,5-7,10H2,1-4H3. The quantitative estimate of drug-likeness (QED) is 0.697. The Labute approximate surface area is 125 Å². The summed E-state index contributed by atoms with van der Waals surface area (Å²) < 4.78 is 4.58. The van der Waals surface area contributed by atoms with E-state index in [1.807, 2.05) is 20.8 Å². The maximum Gasteiger partial charge on any atom is 0.325 e. The Morgan fingerprint density at radius 3 is 2.52 bits per heavy atom. The van der Waals surface area contributed by atoms with Crippen LogP contribution in [0.25, 0.3) is 0 Å². The van der Waals surface area contributed by atoms with Gasteiger partial charge in [-0.2, -0.15) is 0 Å². The van der Waals surface area contributed by atoms with Gasteiger partial charge in [0.2, 0.25) is 5.91 Å². The minimum atomic E-state index is -0.566. The first-order chi connectivity index (χ1) is 9.92. The lowest BCUT2D eigenvalue weighted by Gasteiger charge is -2.37. The first kappa shape index (κ1) is 17.2. The van der Waals surface area contributed by atoms with Crippen LogP contribution in [0.5, 0.6) is 0 Å². The van der Waals surface area contributed by atoms with E-state index in [1.54, 1.807) is 6.20 Å². The van der Waals surface area contributed by atoms with Gasteiger partial charge in [0.25, 0.3) is 5.91 Å². The van der Waals surface area contributed by atoms with Gasteiger partial charge < -0.3 is 14.5 Å². The first-order valence-corrected chi connectivity index (χ1v) is 7.29. The molecule has 1 aliphatic rings. The summed E-state index contributed by atoms with van der Waals surface area (Å²) in [5.41, 5.74) is 0. The second-order valence-electron chi connectivity index (χ2n) is 5.43. The van der Waals surface area contributed by atoms with Crippen molar-refractivity contribution in [2.45, 2.75) is 46.1 Å². The summed E-state index contributed by atoms with van der Waals surface area (Å²) in [6.07, 6.45) is 5.22. The maximum absolute atomic E-state index is 12.5. The van der Waals surface area contributed by atoms with Gasteiger partial charge in [-0.25, -0.2) is 0 Å². The van der Waals surface area contributed by atoms with Crippen molar-refractivity contribution in [3.63, 3.8) is 0 Å². The number of hydrogen-bond acceptors (Lipinski definition) is 4. The van der Waals surface area contributed by atoms with E-state index < -0.39 is 12.0 Å². The molecule has 1 aliphatic heterocycles. The molecule has 0 aromatic carbocycles. The third-order valence-corrected chi connectivity index (χ3v) is 3.43. The molecule has 1 unspecified atom stereocenters.